The number of rotatable bonds is 2. The zero-order chi connectivity index (χ0) is 12.6. The van der Waals surface area contributed by atoms with Gasteiger partial charge in [0.25, 0.3) is 5.91 Å². The monoisotopic (exact) mass is 234 g/mol. The molecule has 0 bridgehead atoms. The number of nitrogens with two attached hydrogens (primary N) is 2. The Morgan fingerprint density at radius 3 is 2.76 bits per heavy atom. The van der Waals surface area contributed by atoms with E-state index in [4.69, 9.17) is 11.5 Å². The first-order valence-electron chi connectivity index (χ1n) is 5.69. The van der Waals surface area contributed by atoms with Crippen LogP contribution in [0.2, 0.25) is 0 Å². The number of carbonyl (C=O) groups excluding carboxylic acids is 1. The quantitative estimate of drug-likeness (QED) is 0.799. The molecular formula is C12H18N4O. The minimum atomic E-state index is -0.510. The molecule has 0 aliphatic carbocycles. The maximum absolute atomic E-state index is 11.2. The summed E-state index contributed by atoms with van der Waals surface area (Å²) in [6, 6.07) is 1.68. The fourth-order valence-electron chi connectivity index (χ4n) is 2.15. The average molecular weight is 234 g/mol. The summed E-state index contributed by atoms with van der Waals surface area (Å²) in [5.41, 5.74) is 11.9. The van der Waals surface area contributed by atoms with Gasteiger partial charge in [-0.3, -0.25) is 4.79 Å². The predicted molar refractivity (Wildman–Crippen MR) is 67.8 cm³/mol. The summed E-state index contributed by atoms with van der Waals surface area (Å²) in [6.45, 7) is 6.32. The van der Waals surface area contributed by atoms with Crippen molar-refractivity contribution >= 4 is 17.4 Å². The zero-order valence-corrected chi connectivity index (χ0v) is 10.2. The summed E-state index contributed by atoms with van der Waals surface area (Å²) in [7, 11) is 0. The van der Waals surface area contributed by atoms with E-state index >= 15 is 0 Å². The Labute approximate surface area is 101 Å². The van der Waals surface area contributed by atoms with Gasteiger partial charge in [-0.05, 0) is 17.9 Å². The van der Waals surface area contributed by atoms with Gasteiger partial charge in [0.15, 0.2) is 0 Å². The lowest BCUT2D eigenvalue weighted by Crippen LogP contribution is -2.24. The second-order valence-corrected chi connectivity index (χ2v) is 5.33. The van der Waals surface area contributed by atoms with Crippen molar-refractivity contribution in [1.29, 1.82) is 0 Å². The predicted octanol–water partition coefficient (Wildman–Crippen LogP) is 0.999. The van der Waals surface area contributed by atoms with Gasteiger partial charge in [-0.15, -0.1) is 0 Å². The molecule has 1 saturated heterocycles. The van der Waals surface area contributed by atoms with Crippen molar-refractivity contribution in [2.75, 3.05) is 23.7 Å². The number of amides is 1. The van der Waals surface area contributed by atoms with Crippen molar-refractivity contribution < 1.29 is 4.79 Å². The van der Waals surface area contributed by atoms with Gasteiger partial charge in [-0.1, -0.05) is 13.8 Å². The van der Waals surface area contributed by atoms with Crippen LogP contribution in [0.3, 0.4) is 0 Å². The average Bonchev–Trinajstić information content (AvgIpc) is 2.59. The molecule has 1 aliphatic heterocycles. The van der Waals surface area contributed by atoms with Crippen LogP contribution in [0.25, 0.3) is 0 Å². The lowest BCUT2D eigenvalue weighted by atomic mass is 9.93. The largest absolute Gasteiger partial charge is 0.397 e. The van der Waals surface area contributed by atoms with Crippen LogP contribution >= 0.6 is 0 Å². The van der Waals surface area contributed by atoms with Gasteiger partial charge in [0.05, 0.1) is 17.4 Å². The van der Waals surface area contributed by atoms with Crippen LogP contribution in [0.1, 0.15) is 30.6 Å². The van der Waals surface area contributed by atoms with Crippen LogP contribution in [0.15, 0.2) is 12.3 Å². The van der Waals surface area contributed by atoms with Gasteiger partial charge < -0.3 is 16.4 Å². The van der Waals surface area contributed by atoms with Crippen molar-refractivity contribution in [3.63, 3.8) is 0 Å². The topological polar surface area (TPSA) is 85.2 Å². The van der Waals surface area contributed by atoms with Crippen LogP contribution in [0.5, 0.6) is 0 Å². The van der Waals surface area contributed by atoms with Crippen LogP contribution in [0, 0.1) is 5.41 Å². The Morgan fingerprint density at radius 2 is 2.24 bits per heavy atom. The molecule has 0 radical (unpaired) electrons. The highest BCUT2D eigenvalue weighted by molar-refractivity contribution is 5.98. The van der Waals surface area contributed by atoms with E-state index in [9.17, 15) is 4.79 Å². The van der Waals surface area contributed by atoms with E-state index in [2.05, 4.69) is 23.7 Å². The fraction of sp³-hybridized carbons (Fsp3) is 0.500. The Bertz CT molecular complexity index is 456. The highest BCUT2D eigenvalue weighted by Gasteiger charge is 2.30. The van der Waals surface area contributed by atoms with Crippen molar-refractivity contribution in [3.05, 3.63) is 17.8 Å². The number of carbonyl (C=O) groups is 1. The molecule has 1 aromatic heterocycles. The SMILES string of the molecule is CC1(C)CCN(c2cc(C(N)=O)c(N)cn2)C1. The van der Waals surface area contributed by atoms with E-state index in [-0.39, 0.29) is 5.41 Å². The summed E-state index contributed by atoms with van der Waals surface area (Å²) in [4.78, 5) is 17.6. The summed E-state index contributed by atoms with van der Waals surface area (Å²) in [5, 5.41) is 0. The number of pyridine rings is 1. The van der Waals surface area contributed by atoms with Crippen molar-refractivity contribution in [3.8, 4) is 0 Å². The van der Waals surface area contributed by atoms with Gasteiger partial charge >= 0.3 is 0 Å². The summed E-state index contributed by atoms with van der Waals surface area (Å²) in [5.74, 6) is 0.267. The molecule has 17 heavy (non-hydrogen) atoms. The Morgan fingerprint density at radius 1 is 1.53 bits per heavy atom. The second kappa shape index (κ2) is 3.91. The van der Waals surface area contributed by atoms with Gasteiger partial charge in [-0.25, -0.2) is 4.98 Å². The first kappa shape index (κ1) is 11.7. The Balaban J connectivity index is 2.29. The molecule has 0 aromatic carbocycles. The lowest BCUT2D eigenvalue weighted by Gasteiger charge is -2.21. The van der Waals surface area contributed by atoms with E-state index in [1.165, 1.54) is 6.20 Å². The number of anilines is 2. The summed E-state index contributed by atoms with van der Waals surface area (Å²) in [6.07, 6.45) is 2.62. The molecule has 0 saturated carbocycles. The molecule has 1 aromatic rings. The molecule has 1 aliphatic rings. The van der Waals surface area contributed by atoms with Gasteiger partial charge in [0.1, 0.15) is 5.82 Å². The van der Waals surface area contributed by atoms with Crippen LogP contribution < -0.4 is 16.4 Å². The Kier molecular flexibility index (Phi) is 2.69. The van der Waals surface area contributed by atoms with E-state index in [1.807, 2.05) is 0 Å². The number of nitrogens with zero attached hydrogens (tertiary/aromatic N) is 2. The second-order valence-electron chi connectivity index (χ2n) is 5.33. The van der Waals surface area contributed by atoms with Crippen LogP contribution in [-0.4, -0.2) is 24.0 Å². The smallest absolute Gasteiger partial charge is 0.250 e. The van der Waals surface area contributed by atoms with Crippen molar-refractivity contribution in [1.82, 2.24) is 4.98 Å². The van der Waals surface area contributed by atoms with E-state index in [0.29, 0.717) is 11.3 Å². The first-order valence-corrected chi connectivity index (χ1v) is 5.69. The maximum Gasteiger partial charge on any atom is 0.250 e. The highest BCUT2D eigenvalue weighted by atomic mass is 16.1. The minimum Gasteiger partial charge on any atom is -0.397 e. The van der Waals surface area contributed by atoms with E-state index in [1.54, 1.807) is 6.07 Å². The third-order valence-corrected chi connectivity index (χ3v) is 3.19. The lowest BCUT2D eigenvalue weighted by molar-refractivity contribution is 0.100. The van der Waals surface area contributed by atoms with E-state index < -0.39 is 5.91 Å². The third kappa shape index (κ3) is 2.33. The van der Waals surface area contributed by atoms with Crippen LogP contribution in [0.4, 0.5) is 11.5 Å². The zero-order valence-electron chi connectivity index (χ0n) is 10.2. The molecular weight excluding hydrogens is 216 g/mol. The fourth-order valence-corrected chi connectivity index (χ4v) is 2.15. The van der Waals surface area contributed by atoms with Crippen LogP contribution in [-0.2, 0) is 0 Å². The van der Waals surface area contributed by atoms with E-state index in [0.717, 1.165) is 25.3 Å². The number of nitrogen functional groups attached to an aromatic ring is 1. The molecule has 0 unspecified atom stereocenters. The first-order chi connectivity index (χ1) is 7.89. The molecule has 5 nitrogen and oxygen atoms in total. The summed E-state index contributed by atoms with van der Waals surface area (Å²) >= 11 is 0. The molecule has 2 rings (SSSR count). The molecule has 4 N–H and O–H groups in total. The maximum atomic E-state index is 11.2. The minimum absolute atomic E-state index is 0.288. The van der Waals surface area contributed by atoms with Crippen molar-refractivity contribution in [2.45, 2.75) is 20.3 Å². The highest BCUT2D eigenvalue weighted by Crippen LogP contribution is 2.32. The normalized spacial score (nSPS) is 18.4. The molecule has 5 heteroatoms. The number of hydrogen-bond donors (Lipinski definition) is 2. The van der Waals surface area contributed by atoms with Gasteiger partial charge in [-0.2, -0.15) is 0 Å². The van der Waals surface area contributed by atoms with Crippen molar-refractivity contribution in [2.24, 2.45) is 11.1 Å². The number of aromatic nitrogens is 1. The summed E-state index contributed by atoms with van der Waals surface area (Å²) < 4.78 is 0. The third-order valence-electron chi connectivity index (χ3n) is 3.19. The van der Waals surface area contributed by atoms with Gasteiger partial charge in [0, 0.05) is 13.1 Å². The number of hydrogen-bond acceptors (Lipinski definition) is 4. The molecule has 2 heterocycles. The molecule has 1 fully saturated rings. The molecule has 0 spiro atoms. The van der Waals surface area contributed by atoms with Gasteiger partial charge in [0.2, 0.25) is 0 Å². The number of primary amides is 1. The molecule has 92 valence electrons. The standard InChI is InChI=1S/C12H18N4O/c1-12(2)3-4-16(7-12)10-5-8(11(14)17)9(13)6-15-10/h5-6H,3-4,7,13H2,1-2H3,(H2,14,17). The Hall–Kier alpha value is -1.78. The molecule has 0 atom stereocenters. The molecule has 1 amide bonds.